The van der Waals surface area contributed by atoms with Gasteiger partial charge in [-0.1, -0.05) is 43.5 Å². The molecule has 126 valence electrons. The van der Waals surface area contributed by atoms with E-state index < -0.39 is 0 Å². The molecule has 1 saturated carbocycles. The molecule has 2 aromatic rings. The van der Waals surface area contributed by atoms with Crippen LogP contribution in [-0.4, -0.2) is 33.8 Å². The fourth-order valence-corrected chi connectivity index (χ4v) is 3.50. The molecule has 1 aromatic heterocycles. The normalized spacial score (nSPS) is 16.2. The predicted octanol–water partition coefficient (Wildman–Crippen LogP) is 4.10. The Balaban J connectivity index is 1.72. The first-order valence-corrected chi connectivity index (χ1v) is 8.99. The Hall–Kier alpha value is -2.01. The zero-order chi connectivity index (χ0) is 16.9. The van der Waals surface area contributed by atoms with Crippen molar-refractivity contribution in [1.82, 2.24) is 15.3 Å². The number of hydrazone groups is 1. The van der Waals surface area contributed by atoms with Crippen LogP contribution in [0.2, 0.25) is 0 Å². The van der Waals surface area contributed by atoms with Gasteiger partial charge in [0.1, 0.15) is 0 Å². The number of hydrogen-bond donors (Lipinski definition) is 1. The second-order valence-corrected chi connectivity index (χ2v) is 6.78. The van der Waals surface area contributed by atoms with E-state index >= 15 is 0 Å². The lowest BCUT2D eigenvalue weighted by Gasteiger charge is -2.32. The maximum atomic E-state index is 5.51. The van der Waals surface area contributed by atoms with Gasteiger partial charge in [0.2, 0.25) is 0 Å². The highest BCUT2D eigenvalue weighted by Crippen LogP contribution is 2.21. The lowest BCUT2D eigenvalue weighted by molar-refractivity contribution is 0.276. The summed E-state index contributed by atoms with van der Waals surface area (Å²) in [4.78, 5) is 6.65. The van der Waals surface area contributed by atoms with Crippen LogP contribution in [0.25, 0.3) is 10.8 Å². The van der Waals surface area contributed by atoms with E-state index in [0.717, 1.165) is 16.8 Å². The summed E-state index contributed by atoms with van der Waals surface area (Å²) in [5.41, 5.74) is 4.78. The molecule has 5 heteroatoms. The van der Waals surface area contributed by atoms with E-state index in [2.05, 4.69) is 39.6 Å². The van der Waals surface area contributed by atoms with Gasteiger partial charge in [-0.05, 0) is 43.4 Å². The van der Waals surface area contributed by atoms with Crippen LogP contribution < -0.4 is 5.43 Å². The van der Waals surface area contributed by atoms with Crippen molar-refractivity contribution in [2.24, 2.45) is 5.10 Å². The number of benzene rings is 1. The third-order valence-electron chi connectivity index (χ3n) is 4.78. The molecule has 0 spiro atoms. The molecule has 0 aliphatic heterocycles. The molecule has 0 bridgehead atoms. The van der Waals surface area contributed by atoms with Crippen molar-refractivity contribution in [2.75, 3.05) is 7.05 Å². The van der Waals surface area contributed by atoms with Crippen molar-refractivity contribution in [1.29, 1.82) is 0 Å². The molecular formula is C19H24N4S. The van der Waals surface area contributed by atoms with Crippen molar-refractivity contribution >= 4 is 33.8 Å². The largest absolute Gasteiger partial charge is 0.348 e. The zero-order valence-corrected chi connectivity index (χ0v) is 15.1. The van der Waals surface area contributed by atoms with Crippen LogP contribution >= 0.6 is 12.2 Å². The SMILES string of the molecule is C/C(=N\NC(=S)N(C)C1CCCCC1)c1nccc2ccccc12. The van der Waals surface area contributed by atoms with Gasteiger partial charge in [-0.2, -0.15) is 5.10 Å². The second-order valence-electron chi connectivity index (χ2n) is 6.40. The Labute approximate surface area is 149 Å². The summed E-state index contributed by atoms with van der Waals surface area (Å²) < 4.78 is 0. The van der Waals surface area contributed by atoms with Gasteiger partial charge in [0.25, 0.3) is 0 Å². The topological polar surface area (TPSA) is 40.5 Å². The molecule has 0 saturated heterocycles. The molecule has 0 radical (unpaired) electrons. The number of pyridine rings is 1. The Morgan fingerprint density at radius 2 is 1.96 bits per heavy atom. The number of hydrogen-bond acceptors (Lipinski definition) is 3. The van der Waals surface area contributed by atoms with E-state index in [1.54, 1.807) is 0 Å². The Bertz CT molecular complexity index is 745. The van der Waals surface area contributed by atoms with Crippen molar-refractivity contribution in [3.63, 3.8) is 0 Å². The number of nitrogens with zero attached hydrogens (tertiary/aromatic N) is 3. The molecule has 1 fully saturated rings. The van der Waals surface area contributed by atoms with Gasteiger partial charge < -0.3 is 4.90 Å². The van der Waals surface area contributed by atoms with E-state index in [1.165, 1.54) is 37.5 Å². The molecular weight excluding hydrogens is 316 g/mol. The highest BCUT2D eigenvalue weighted by atomic mass is 32.1. The summed E-state index contributed by atoms with van der Waals surface area (Å²) in [6.45, 7) is 1.96. The summed E-state index contributed by atoms with van der Waals surface area (Å²) in [7, 11) is 2.06. The van der Waals surface area contributed by atoms with E-state index in [0.29, 0.717) is 11.2 Å². The molecule has 0 unspecified atom stereocenters. The highest BCUT2D eigenvalue weighted by molar-refractivity contribution is 7.80. The summed E-state index contributed by atoms with van der Waals surface area (Å²) in [5, 5.41) is 7.44. The van der Waals surface area contributed by atoms with Crippen LogP contribution in [0, 0.1) is 0 Å². The molecule has 1 heterocycles. The Morgan fingerprint density at radius 1 is 1.21 bits per heavy atom. The predicted molar refractivity (Wildman–Crippen MR) is 104 cm³/mol. The fraction of sp³-hybridized carbons (Fsp3) is 0.421. The molecule has 1 aliphatic carbocycles. The average molecular weight is 340 g/mol. The zero-order valence-electron chi connectivity index (χ0n) is 14.3. The molecule has 24 heavy (non-hydrogen) atoms. The molecule has 0 amide bonds. The fourth-order valence-electron chi connectivity index (χ4n) is 3.31. The first-order valence-electron chi connectivity index (χ1n) is 8.58. The summed E-state index contributed by atoms with van der Waals surface area (Å²) in [6, 6.07) is 10.8. The van der Waals surface area contributed by atoms with Gasteiger partial charge in [0, 0.05) is 24.7 Å². The van der Waals surface area contributed by atoms with Gasteiger partial charge in [0.05, 0.1) is 11.4 Å². The quantitative estimate of drug-likeness (QED) is 0.519. The average Bonchev–Trinajstić information content (AvgIpc) is 2.65. The number of thiocarbonyl (C=S) groups is 1. The van der Waals surface area contributed by atoms with Crippen LogP contribution in [-0.2, 0) is 0 Å². The first kappa shape index (κ1) is 16.8. The van der Waals surface area contributed by atoms with Gasteiger partial charge >= 0.3 is 0 Å². The van der Waals surface area contributed by atoms with Crippen molar-refractivity contribution in [3.8, 4) is 0 Å². The van der Waals surface area contributed by atoms with E-state index in [-0.39, 0.29) is 0 Å². The molecule has 1 N–H and O–H groups in total. The minimum atomic E-state index is 0.532. The van der Waals surface area contributed by atoms with Gasteiger partial charge in [0.15, 0.2) is 5.11 Å². The summed E-state index contributed by atoms with van der Waals surface area (Å²) in [6.07, 6.45) is 8.18. The van der Waals surface area contributed by atoms with E-state index in [4.69, 9.17) is 12.2 Å². The highest BCUT2D eigenvalue weighted by Gasteiger charge is 2.19. The minimum Gasteiger partial charge on any atom is -0.348 e. The lowest BCUT2D eigenvalue weighted by atomic mass is 9.95. The van der Waals surface area contributed by atoms with E-state index in [9.17, 15) is 0 Å². The van der Waals surface area contributed by atoms with Gasteiger partial charge in [-0.25, -0.2) is 0 Å². The number of nitrogens with one attached hydrogen (secondary N) is 1. The second kappa shape index (κ2) is 7.71. The van der Waals surface area contributed by atoms with Crippen LogP contribution in [0.15, 0.2) is 41.6 Å². The van der Waals surface area contributed by atoms with Crippen molar-refractivity contribution in [2.45, 2.75) is 45.1 Å². The van der Waals surface area contributed by atoms with Crippen LogP contribution in [0.1, 0.15) is 44.7 Å². The van der Waals surface area contributed by atoms with E-state index in [1.807, 2.05) is 31.3 Å². The van der Waals surface area contributed by atoms with Gasteiger partial charge in [-0.3, -0.25) is 10.4 Å². The maximum absolute atomic E-state index is 5.51. The van der Waals surface area contributed by atoms with Crippen LogP contribution in [0.5, 0.6) is 0 Å². The van der Waals surface area contributed by atoms with Crippen LogP contribution in [0.4, 0.5) is 0 Å². The molecule has 3 rings (SSSR count). The number of fused-ring (bicyclic) bond motifs is 1. The minimum absolute atomic E-state index is 0.532. The summed E-state index contributed by atoms with van der Waals surface area (Å²) in [5.74, 6) is 0. The van der Waals surface area contributed by atoms with Crippen molar-refractivity contribution < 1.29 is 0 Å². The molecule has 1 aliphatic rings. The maximum Gasteiger partial charge on any atom is 0.189 e. The molecule has 1 aromatic carbocycles. The van der Waals surface area contributed by atoms with Gasteiger partial charge in [-0.15, -0.1) is 0 Å². The molecule has 4 nitrogen and oxygen atoms in total. The Kier molecular flexibility index (Phi) is 5.41. The summed E-state index contributed by atoms with van der Waals surface area (Å²) >= 11 is 5.51. The Morgan fingerprint density at radius 3 is 2.75 bits per heavy atom. The molecule has 0 atom stereocenters. The first-order chi connectivity index (χ1) is 11.7. The van der Waals surface area contributed by atoms with Crippen molar-refractivity contribution in [3.05, 3.63) is 42.2 Å². The monoisotopic (exact) mass is 340 g/mol. The van der Waals surface area contributed by atoms with Crippen LogP contribution in [0.3, 0.4) is 0 Å². The number of aromatic nitrogens is 1. The smallest absolute Gasteiger partial charge is 0.189 e. The third kappa shape index (κ3) is 3.73. The third-order valence-corrected chi connectivity index (χ3v) is 5.16. The standard InChI is InChI=1S/C19H24N4S/c1-14(18-17-11-7-6-8-15(17)12-13-20-18)21-22-19(24)23(2)16-9-4-3-5-10-16/h6-8,11-13,16H,3-5,9-10H2,1-2H3,(H,22,24)/b21-14+. The lowest BCUT2D eigenvalue weighted by Crippen LogP contribution is -2.42. The number of rotatable bonds is 3.